The summed E-state index contributed by atoms with van der Waals surface area (Å²) < 4.78 is 63.3. The second-order valence-electron chi connectivity index (χ2n) is 3.56. The molecule has 2 rings (SSSR count). The molecule has 0 saturated carbocycles. The fourth-order valence-electron chi connectivity index (χ4n) is 1.44. The Morgan fingerprint density at radius 2 is 1.72 bits per heavy atom. The summed E-state index contributed by atoms with van der Waals surface area (Å²) >= 11 is 0. The van der Waals surface area contributed by atoms with Gasteiger partial charge in [-0.3, -0.25) is 4.98 Å². The van der Waals surface area contributed by atoms with E-state index in [0.717, 1.165) is 12.1 Å². The Kier molecular flexibility index (Phi) is 3.02. The third-order valence-electron chi connectivity index (χ3n) is 2.27. The predicted molar refractivity (Wildman–Crippen MR) is 54.6 cm³/mol. The van der Waals surface area contributed by atoms with Gasteiger partial charge >= 0.3 is 6.18 Å². The molecule has 6 heteroatoms. The van der Waals surface area contributed by atoms with Crippen LogP contribution >= 0.6 is 0 Å². The smallest absolute Gasteiger partial charge is 0.253 e. The third-order valence-corrected chi connectivity index (χ3v) is 2.27. The van der Waals surface area contributed by atoms with Crippen molar-refractivity contribution in [2.45, 2.75) is 6.18 Å². The van der Waals surface area contributed by atoms with Gasteiger partial charge in [0.2, 0.25) is 0 Å². The average Bonchev–Trinajstić information content (AvgIpc) is 2.27. The summed E-state index contributed by atoms with van der Waals surface area (Å²) in [7, 11) is 0. The van der Waals surface area contributed by atoms with Gasteiger partial charge in [-0.25, -0.2) is 8.78 Å². The van der Waals surface area contributed by atoms with E-state index < -0.39 is 23.4 Å². The molecule has 0 unspecified atom stereocenters. The summed E-state index contributed by atoms with van der Waals surface area (Å²) in [5.74, 6) is -1.76. The maximum atomic E-state index is 13.5. The van der Waals surface area contributed by atoms with Crippen LogP contribution in [-0.4, -0.2) is 4.98 Å². The number of rotatable bonds is 1. The van der Waals surface area contributed by atoms with E-state index in [4.69, 9.17) is 0 Å². The Balaban J connectivity index is 2.48. The van der Waals surface area contributed by atoms with Gasteiger partial charge in [0.25, 0.3) is 0 Å². The highest BCUT2D eigenvalue weighted by atomic mass is 19.4. The summed E-state index contributed by atoms with van der Waals surface area (Å²) in [6.45, 7) is 0. The standard InChI is InChI=1S/C12H6F5N/c13-9-3-1-2-7(4-9)11-10(14)5-8(6-18-11)12(15,16)17/h1-6H. The predicted octanol–water partition coefficient (Wildman–Crippen LogP) is 4.05. The number of alkyl halides is 3. The third kappa shape index (κ3) is 2.47. The molecule has 0 fully saturated rings. The van der Waals surface area contributed by atoms with Crippen molar-refractivity contribution in [1.82, 2.24) is 4.98 Å². The first-order chi connectivity index (χ1) is 8.38. The number of aromatic nitrogens is 1. The second-order valence-corrected chi connectivity index (χ2v) is 3.56. The van der Waals surface area contributed by atoms with E-state index in [1.165, 1.54) is 12.1 Å². The molecule has 94 valence electrons. The van der Waals surface area contributed by atoms with E-state index in [0.29, 0.717) is 12.3 Å². The normalized spacial score (nSPS) is 11.6. The van der Waals surface area contributed by atoms with Gasteiger partial charge in [0.1, 0.15) is 17.3 Å². The van der Waals surface area contributed by atoms with Crippen LogP contribution in [0.5, 0.6) is 0 Å². The molecule has 1 nitrogen and oxygen atoms in total. The first kappa shape index (κ1) is 12.5. The Morgan fingerprint density at radius 1 is 1.00 bits per heavy atom. The minimum Gasteiger partial charge on any atom is -0.253 e. The highest BCUT2D eigenvalue weighted by Gasteiger charge is 2.32. The summed E-state index contributed by atoms with van der Waals surface area (Å²) in [6, 6.07) is 5.17. The summed E-state index contributed by atoms with van der Waals surface area (Å²) in [5.41, 5.74) is -1.41. The molecule has 0 atom stereocenters. The van der Waals surface area contributed by atoms with Crippen molar-refractivity contribution in [2.24, 2.45) is 0 Å². The van der Waals surface area contributed by atoms with Gasteiger partial charge in [0.15, 0.2) is 0 Å². The first-order valence-corrected chi connectivity index (χ1v) is 4.86. The van der Waals surface area contributed by atoms with Gasteiger partial charge < -0.3 is 0 Å². The van der Waals surface area contributed by atoms with Crippen LogP contribution in [0.1, 0.15) is 5.56 Å². The zero-order valence-electron chi connectivity index (χ0n) is 8.80. The molecule has 0 bridgehead atoms. The van der Waals surface area contributed by atoms with E-state index in [-0.39, 0.29) is 11.3 Å². The topological polar surface area (TPSA) is 12.9 Å². The number of nitrogens with zero attached hydrogens (tertiary/aromatic N) is 1. The lowest BCUT2D eigenvalue weighted by Gasteiger charge is -2.08. The molecular weight excluding hydrogens is 253 g/mol. The molecule has 0 N–H and O–H groups in total. The average molecular weight is 259 g/mol. The lowest BCUT2D eigenvalue weighted by Crippen LogP contribution is -2.06. The van der Waals surface area contributed by atoms with Gasteiger partial charge in [-0.2, -0.15) is 13.2 Å². The van der Waals surface area contributed by atoms with Crippen molar-refractivity contribution in [1.29, 1.82) is 0 Å². The van der Waals surface area contributed by atoms with E-state index in [2.05, 4.69) is 4.98 Å². The number of hydrogen-bond acceptors (Lipinski definition) is 1. The molecular formula is C12H6F5N. The van der Waals surface area contributed by atoms with Gasteiger partial charge in [-0.1, -0.05) is 12.1 Å². The van der Waals surface area contributed by atoms with E-state index in [9.17, 15) is 22.0 Å². The number of halogens is 5. The van der Waals surface area contributed by atoms with E-state index >= 15 is 0 Å². The summed E-state index contributed by atoms with van der Waals surface area (Å²) in [6.07, 6.45) is -4.14. The van der Waals surface area contributed by atoms with E-state index in [1.807, 2.05) is 0 Å². The molecule has 0 aliphatic carbocycles. The Bertz CT molecular complexity index is 577. The zero-order chi connectivity index (χ0) is 13.3. The minimum atomic E-state index is -4.66. The molecule has 2 aromatic rings. The fraction of sp³-hybridized carbons (Fsp3) is 0.0833. The molecule has 0 amide bonds. The molecule has 1 aromatic heterocycles. The lowest BCUT2D eigenvalue weighted by atomic mass is 10.1. The van der Waals surface area contributed by atoms with Gasteiger partial charge in [0.05, 0.1) is 5.56 Å². The molecule has 18 heavy (non-hydrogen) atoms. The number of benzene rings is 1. The van der Waals surface area contributed by atoms with Crippen molar-refractivity contribution in [3.05, 3.63) is 53.7 Å². The van der Waals surface area contributed by atoms with Crippen LogP contribution in [0.15, 0.2) is 36.5 Å². The Hall–Kier alpha value is -1.98. The fourth-order valence-corrected chi connectivity index (χ4v) is 1.44. The minimum absolute atomic E-state index is 0.0845. The van der Waals surface area contributed by atoms with E-state index in [1.54, 1.807) is 0 Å². The first-order valence-electron chi connectivity index (χ1n) is 4.86. The van der Waals surface area contributed by atoms with Crippen molar-refractivity contribution in [3.63, 3.8) is 0 Å². The highest BCUT2D eigenvalue weighted by Crippen LogP contribution is 2.31. The monoisotopic (exact) mass is 259 g/mol. The largest absolute Gasteiger partial charge is 0.417 e. The van der Waals surface area contributed by atoms with Crippen molar-refractivity contribution in [3.8, 4) is 11.3 Å². The van der Waals surface area contributed by atoms with Crippen LogP contribution in [0.4, 0.5) is 22.0 Å². The molecule has 1 aromatic carbocycles. The lowest BCUT2D eigenvalue weighted by molar-refractivity contribution is -0.138. The van der Waals surface area contributed by atoms with Gasteiger partial charge in [-0.15, -0.1) is 0 Å². The molecule has 0 saturated heterocycles. The molecule has 1 heterocycles. The SMILES string of the molecule is Fc1cccc(-c2ncc(C(F)(F)F)cc2F)c1. The molecule has 0 aliphatic heterocycles. The number of hydrogen-bond donors (Lipinski definition) is 0. The molecule has 0 aliphatic rings. The van der Waals surface area contributed by atoms with Crippen molar-refractivity contribution >= 4 is 0 Å². The van der Waals surface area contributed by atoms with Crippen molar-refractivity contribution < 1.29 is 22.0 Å². The highest BCUT2D eigenvalue weighted by molar-refractivity contribution is 5.59. The second kappa shape index (κ2) is 4.36. The van der Waals surface area contributed by atoms with Gasteiger partial charge in [0, 0.05) is 11.8 Å². The maximum absolute atomic E-state index is 13.5. The van der Waals surface area contributed by atoms with Crippen LogP contribution in [0.2, 0.25) is 0 Å². The Morgan fingerprint density at radius 3 is 2.28 bits per heavy atom. The number of pyridine rings is 1. The van der Waals surface area contributed by atoms with Crippen LogP contribution in [0.3, 0.4) is 0 Å². The quantitative estimate of drug-likeness (QED) is 0.704. The maximum Gasteiger partial charge on any atom is 0.417 e. The van der Waals surface area contributed by atoms with Crippen LogP contribution in [0, 0.1) is 11.6 Å². The zero-order valence-corrected chi connectivity index (χ0v) is 8.80. The Labute approximate surface area is 98.9 Å². The molecule has 0 radical (unpaired) electrons. The molecule has 0 spiro atoms. The summed E-state index contributed by atoms with van der Waals surface area (Å²) in [4.78, 5) is 3.39. The van der Waals surface area contributed by atoms with Crippen molar-refractivity contribution in [2.75, 3.05) is 0 Å². The summed E-state index contributed by atoms with van der Waals surface area (Å²) in [5, 5.41) is 0. The van der Waals surface area contributed by atoms with Crippen LogP contribution < -0.4 is 0 Å². The van der Waals surface area contributed by atoms with Crippen LogP contribution in [0.25, 0.3) is 11.3 Å². The van der Waals surface area contributed by atoms with Crippen LogP contribution in [-0.2, 0) is 6.18 Å². The van der Waals surface area contributed by atoms with Gasteiger partial charge in [-0.05, 0) is 18.2 Å².